The van der Waals surface area contributed by atoms with E-state index in [1.165, 1.54) is 0 Å². The lowest BCUT2D eigenvalue weighted by atomic mass is 10.1. The number of nitrogens with one attached hydrogen (secondary N) is 2. The normalized spacial score (nSPS) is 14.8. The number of hydrogen-bond donors (Lipinski definition) is 2. The van der Waals surface area contributed by atoms with Crippen molar-refractivity contribution in [1.82, 2.24) is 20.5 Å². The first kappa shape index (κ1) is 24.9. The monoisotopic (exact) mass is 486 g/mol. The average molecular weight is 487 g/mol. The van der Waals surface area contributed by atoms with Gasteiger partial charge in [-0.3, -0.25) is 14.4 Å². The summed E-state index contributed by atoms with van der Waals surface area (Å²) < 4.78 is 5.71. The van der Waals surface area contributed by atoms with Crippen LogP contribution in [-0.2, 0) is 34.0 Å². The molecule has 3 amide bonds. The fraction of sp³-hybridized carbons (Fsp3) is 0.286. The van der Waals surface area contributed by atoms with E-state index >= 15 is 0 Å². The zero-order valence-electron chi connectivity index (χ0n) is 20.1. The van der Waals surface area contributed by atoms with Gasteiger partial charge in [0.15, 0.2) is 0 Å². The molecule has 186 valence electrons. The number of pyridine rings is 1. The minimum absolute atomic E-state index is 0.0584. The molecule has 2 N–H and O–H groups in total. The molecule has 1 atom stereocenters. The molecule has 2 aromatic carbocycles. The van der Waals surface area contributed by atoms with Crippen LogP contribution < -0.4 is 15.4 Å². The summed E-state index contributed by atoms with van der Waals surface area (Å²) in [5.74, 6) is -0.915. The topological polar surface area (TPSA) is 101 Å². The van der Waals surface area contributed by atoms with E-state index in [1.54, 1.807) is 23.2 Å². The highest BCUT2D eigenvalue weighted by Gasteiger charge is 2.28. The smallest absolute Gasteiger partial charge is 0.309 e. The summed E-state index contributed by atoms with van der Waals surface area (Å²) >= 11 is 0. The molecule has 0 saturated carbocycles. The fourth-order valence-electron chi connectivity index (χ4n) is 4.04. The van der Waals surface area contributed by atoms with Crippen LogP contribution in [0, 0.1) is 0 Å². The predicted molar refractivity (Wildman–Crippen MR) is 135 cm³/mol. The second-order valence-corrected chi connectivity index (χ2v) is 8.74. The second-order valence-electron chi connectivity index (χ2n) is 8.74. The molecular formula is C28H30N4O4. The molecule has 1 unspecified atom stereocenters. The number of nitrogens with zero attached hydrogens (tertiary/aromatic N) is 2. The van der Waals surface area contributed by atoms with Crippen molar-refractivity contribution in [1.29, 1.82) is 0 Å². The van der Waals surface area contributed by atoms with Gasteiger partial charge in [-0.2, -0.15) is 0 Å². The molecule has 0 bridgehead atoms. The van der Waals surface area contributed by atoms with Crippen molar-refractivity contribution in [2.75, 3.05) is 13.1 Å². The number of rotatable bonds is 9. The summed E-state index contributed by atoms with van der Waals surface area (Å²) in [4.78, 5) is 43.2. The van der Waals surface area contributed by atoms with Crippen LogP contribution in [0.5, 0.6) is 5.88 Å². The molecule has 2 heterocycles. The molecule has 1 aromatic heterocycles. The Morgan fingerprint density at radius 2 is 1.64 bits per heavy atom. The van der Waals surface area contributed by atoms with Gasteiger partial charge in [0, 0.05) is 44.4 Å². The minimum atomic E-state index is -0.715. The van der Waals surface area contributed by atoms with Gasteiger partial charge < -0.3 is 20.3 Å². The zero-order chi connectivity index (χ0) is 25.2. The molecule has 3 aromatic rings. The highest BCUT2D eigenvalue weighted by Crippen LogP contribution is 2.13. The maximum atomic E-state index is 12.5. The van der Waals surface area contributed by atoms with Crippen molar-refractivity contribution in [3.05, 3.63) is 95.7 Å². The molecule has 0 spiro atoms. The lowest BCUT2D eigenvalue weighted by Crippen LogP contribution is -2.45. The first-order chi connectivity index (χ1) is 17.6. The summed E-state index contributed by atoms with van der Waals surface area (Å²) in [6.07, 6.45) is 3.34. The van der Waals surface area contributed by atoms with E-state index in [2.05, 4.69) is 15.6 Å². The van der Waals surface area contributed by atoms with Crippen molar-refractivity contribution in [2.45, 2.75) is 38.5 Å². The molecule has 1 saturated heterocycles. The number of hydrogen-bond acceptors (Lipinski definition) is 5. The van der Waals surface area contributed by atoms with Gasteiger partial charge in [0.05, 0.1) is 0 Å². The van der Waals surface area contributed by atoms with E-state index in [1.807, 2.05) is 60.7 Å². The standard InChI is InChI=1S/C28H30N4O4/c33-26(12-11-21-7-3-1-4-8-21)32-16-14-24(19-32)31-28(35)27(34)30-18-23-13-15-29-25(17-23)36-20-22-9-5-2-6-10-22/h1-10,13,15,17,24H,11-12,14,16,18-20H2,(H,30,34)(H,31,35). The van der Waals surface area contributed by atoms with Crippen LogP contribution in [0.2, 0.25) is 0 Å². The highest BCUT2D eigenvalue weighted by molar-refractivity contribution is 6.35. The minimum Gasteiger partial charge on any atom is -0.473 e. The summed E-state index contributed by atoms with van der Waals surface area (Å²) in [5, 5.41) is 5.37. The third-order valence-electron chi connectivity index (χ3n) is 6.03. The largest absolute Gasteiger partial charge is 0.473 e. The van der Waals surface area contributed by atoms with Gasteiger partial charge in [-0.1, -0.05) is 60.7 Å². The van der Waals surface area contributed by atoms with Gasteiger partial charge in [0.25, 0.3) is 0 Å². The van der Waals surface area contributed by atoms with Crippen LogP contribution in [0.15, 0.2) is 79.0 Å². The van der Waals surface area contributed by atoms with Gasteiger partial charge in [0.2, 0.25) is 11.8 Å². The molecule has 1 aliphatic rings. The van der Waals surface area contributed by atoms with E-state index in [0.29, 0.717) is 44.8 Å². The van der Waals surface area contributed by atoms with E-state index in [0.717, 1.165) is 16.7 Å². The number of likely N-dealkylation sites (tertiary alicyclic amines) is 1. The molecule has 8 nitrogen and oxygen atoms in total. The van der Waals surface area contributed by atoms with Crippen molar-refractivity contribution < 1.29 is 19.1 Å². The maximum absolute atomic E-state index is 12.5. The summed E-state index contributed by atoms with van der Waals surface area (Å²) in [6, 6.07) is 22.9. The van der Waals surface area contributed by atoms with Crippen LogP contribution in [0.25, 0.3) is 0 Å². The molecule has 8 heteroatoms. The predicted octanol–water partition coefficient (Wildman–Crippen LogP) is 2.63. The Hall–Kier alpha value is -4.20. The Morgan fingerprint density at radius 3 is 2.39 bits per heavy atom. The lowest BCUT2D eigenvalue weighted by molar-refractivity contribution is -0.139. The van der Waals surface area contributed by atoms with Gasteiger partial charge in [-0.05, 0) is 35.6 Å². The average Bonchev–Trinajstić information content (AvgIpc) is 3.39. The van der Waals surface area contributed by atoms with E-state index < -0.39 is 11.8 Å². The second kappa shape index (κ2) is 12.5. The Morgan fingerprint density at radius 1 is 0.917 bits per heavy atom. The summed E-state index contributed by atoms with van der Waals surface area (Å²) in [7, 11) is 0. The van der Waals surface area contributed by atoms with E-state index in [9.17, 15) is 14.4 Å². The first-order valence-corrected chi connectivity index (χ1v) is 12.1. The van der Waals surface area contributed by atoms with Crippen LogP contribution in [0.4, 0.5) is 0 Å². The molecular weight excluding hydrogens is 456 g/mol. The molecule has 4 rings (SSSR count). The van der Waals surface area contributed by atoms with Crippen molar-refractivity contribution in [2.24, 2.45) is 0 Å². The number of amides is 3. The van der Waals surface area contributed by atoms with Gasteiger partial charge >= 0.3 is 11.8 Å². The molecule has 1 aliphatic heterocycles. The van der Waals surface area contributed by atoms with Gasteiger partial charge in [0.1, 0.15) is 6.61 Å². The summed E-state index contributed by atoms with van der Waals surface area (Å²) in [6.45, 7) is 1.55. The maximum Gasteiger partial charge on any atom is 0.309 e. The number of aryl methyl sites for hydroxylation is 1. The van der Waals surface area contributed by atoms with Crippen LogP contribution in [-0.4, -0.2) is 46.7 Å². The number of aromatic nitrogens is 1. The zero-order valence-corrected chi connectivity index (χ0v) is 20.1. The Labute approximate surface area is 210 Å². The summed E-state index contributed by atoms with van der Waals surface area (Å²) in [5.41, 5.74) is 2.92. The Kier molecular flexibility index (Phi) is 8.64. The number of carbonyl (C=O) groups excluding carboxylic acids is 3. The third kappa shape index (κ3) is 7.40. The fourth-order valence-corrected chi connectivity index (χ4v) is 4.04. The van der Waals surface area contributed by atoms with E-state index in [4.69, 9.17) is 4.74 Å². The Balaban J connectivity index is 1.17. The number of ether oxygens (including phenoxy) is 1. The molecule has 36 heavy (non-hydrogen) atoms. The van der Waals surface area contributed by atoms with Crippen molar-refractivity contribution in [3.63, 3.8) is 0 Å². The third-order valence-corrected chi connectivity index (χ3v) is 6.03. The molecule has 0 aliphatic carbocycles. The van der Waals surface area contributed by atoms with Crippen LogP contribution in [0.3, 0.4) is 0 Å². The highest BCUT2D eigenvalue weighted by atomic mass is 16.5. The SMILES string of the molecule is O=C(NCc1ccnc(OCc2ccccc2)c1)C(=O)NC1CCN(C(=O)CCc2ccccc2)C1. The molecule has 1 fully saturated rings. The lowest BCUT2D eigenvalue weighted by Gasteiger charge is -2.17. The van der Waals surface area contributed by atoms with Gasteiger partial charge in [-0.15, -0.1) is 0 Å². The van der Waals surface area contributed by atoms with Crippen molar-refractivity contribution in [3.8, 4) is 5.88 Å². The quantitative estimate of drug-likeness (QED) is 0.453. The molecule has 0 radical (unpaired) electrons. The van der Waals surface area contributed by atoms with E-state index in [-0.39, 0.29) is 18.5 Å². The van der Waals surface area contributed by atoms with Gasteiger partial charge in [-0.25, -0.2) is 4.98 Å². The number of benzene rings is 2. The first-order valence-electron chi connectivity index (χ1n) is 12.1. The van der Waals surface area contributed by atoms with Crippen molar-refractivity contribution >= 4 is 17.7 Å². The number of carbonyl (C=O) groups is 3. The Bertz CT molecular complexity index is 1170. The van der Waals surface area contributed by atoms with Crippen LogP contribution >= 0.6 is 0 Å². The van der Waals surface area contributed by atoms with Crippen LogP contribution in [0.1, 0.15) is 29.5 Å².